The van der Waals surface area contributed by atoms with Crippen LogP contribution in [0.5, 0.6) is 0 Å². The van der Waals surface area contributed by atoms with Crippen molar-refractivity contribution < 1.29 is 0 Å². The highest BCUT2D eigenvalue weighted by molar-refractivity contribution is 7.98. The normalized spacial score (nSPS) is 12.8. The zero-order valence-electron chi connectivity index (χ0n) is 10.8. The van der Waals surface area contributed by atoms with Gasteiger partial charge in [0.25, 0.3) is 0 Å². The van der Waals surface area contributed by atoms with E-state index < -0.39 is 0 Å². The maximum absolute atomic E-state index is 6.04. The number of aryl methyl sites for hydroxylation is 2. The average Bonchev–Trinajstić information content (AvgIpc) is 2.49. The summed E-state index contributed by atoms with van der Waals surface area (Å²) >= 11 is 1.88. The van der Waals surface area contributed by atoms with Gasteiger partial charge in [-0.15, -0.1) is 0 Å². The van der Waals surface area contributed by atoms with Gasteiger partial charge in [-0.1, -0.05) is 0 Å². The van der Waals surface area contributed by atoms with Crippen molar-refractivity contribution >= 4 is 23.3 Å². The van der Waals surface area contributed by atoms with E-state index in [1.165, 1.54) is 5.75 Å². The van der Waals surface area contributed by atoms with Gasteiger partial charge in [0.15, 0.2) is 0 Å². The molecule has 2 N–H and O–H groups in total. The zero-order valence-corrected chi connectivity index (χ0v) is 11.6. The third kappa shape index (κ3) is 2.64. The second kappa shape index (κ2) is 5.48. The lowest BCUT2D eigenvalue weighted by atomic mass is 10.2. The molecule has 0 bridgehead atoms. The van der Waals surface area contributed by atoms with Crippen molar-refractivity contribution in [2.45, 2.75) is 26.3 Å². The second-order valence-electron chi connectivity index (χ2n) is 4.19. The first-order valence-electron chi connectivity index (χ1n) is 5.49. The number of hydrogen-bond acceptors (Lipinski definition) is 4. The predicted octanol–water partition coefficient (Wildman–Crippen LogP) is 1.89. The third-order valence-corrected chi connectivity index (χ3v) is 3.62. The first kappa shape index (κ1) is 13.2. The van der Waals surface area contributed by atoms with Crippen molar-refractivity contribution in [3.05, 3.63) is 5.69 Å². The Morgan fingerprint density at radius 2 is 2.19 bits per heavy atom. The van der Waals surface area contributed by atoms with E-state index in [0.29, 0.717) is 6.04 Å². The number of aromatic nitrogens is 2. The molecule has 1 aromatic heterocycles. The Bertz CT molecular complexity index is 348. The molecule has 0 radical (unpaired) electrons. The fourth-order valence-corrected chi connectivity index (χ4v) is 2.35. The molecule has 0 saturated carbocycles. The molecule has 0 aliphatic carbocycles. The van der Waals surface area contributed by atoms with Gasteiger partial charge >= 0.3 is 0 Å². The predicted molar refractivity (Wildman–Crippen MR) is 73.2 cm³/mol. The van der Waals surface area contributed by atoms with E-state index in [1.54, 1.807) is 0 Å². The second-order valence-corrected chi connectivity index (χ2v) is 5.17. The summed E-state index contributed by atoms with van der Waals surface area (Å²) < 4.78 is 1.86. The molecule has 1 heterocycles. The van der Waals surface area contributed by atoms with E-state index in [2.05, 4.69) is 30.2 Å². The number of anilines is 2. The van der Waals surface area contributed by atoms with Gasteiger partial charge in [-0.05, 0) is 32.3 Å². The number of rotatable bonds is 5. The van der Waals surface area contributed by atoms with Crippen molar-refractivity contribution in [1.82, 2.24) is 9.78 Å². The van der Waals surface area contributed by atoms with E-state index >= 15 is 0 Å². The summed E-state index contributed by atoms with van der Waals surface area (Å²) in [6.45, 7) is 4.16. The Kier molecular flexibility index (Phi) is 4.53. The standard InChI is InChI=1S/C11H22N4S/c1-8(6-7-16-5)14(3)11-10(12)9(2)13-15(11)4/h8H,6-7,12H2,1-5H3. The van der Waals surface area contributed by atoms with Crippen molar-refractivity contribution in [2.24, 2.45) is 7.05 Å². The molecule has 1 aromatic rings. The van der Waals surface area contributed by atoms with Crippen molar-refractivity contribution in [1.29, 1.82) is 0 Å². The number of nitrogens with two attached hydrogens (primary N) is 1. The molecule has 0 fully saturated rings. The summed E-state index contributed by atoms with van der Waals surface area (Å²) in [5, 5.41) is 4.34. The van der Waals surface area contributed by atoms with Gasteiger partial charge in [-0.25, -0.2) is 0 Å². The van der Waals surface area contributed by atoms with Gasteiger partial charge in [-0.2, -0.15) is 16.9 Å². The maximum atomic E-state index is 6.04. The van der Waals surface area contributed by atoms with Crippen LogP contribution >= 0.6 is 11.8 Å². The summed E-state index contributed by atoms with van der Waals surface area (Å²) in [7, 11) is 4.02. The van der Waals surface area contributed by atoms with Gasteiger partial charge < -0.3 is 10.6 Å². The van der Waals surface area contributed by atoms with Crippen LogP contribution in [0.15, 0.2) is 0 Å². The first-order valence-corrected chi connectivity index (χ1v) is 6.89. The minimum absolute atomic E-state index is 0.476. The van der Waals surface area contributed by atoms with Gasteiger partial charge in [0.05, 0.1) is 11.4 Å². The number of thioether (sulfide) groups is 1. The SMILES string of the molecule is CSCCC(C)N(C)c1c(N)c(C)nn1C. The molecule has 0 saturated heterocycles. The molecule has 4 nitrogen and oxygen atoms in total. The van der Waals surface area contributed by atoms with E-state index in [0.717, 1.165) is 23.6 Å². The summed E-state index contributed by atoms with van der Waals surface area (Å²) in [6, 6.07) is 0.476. The van der Waals surface area contributed by atoms with Crippen LogP contribution in [0, 0.1) is 6.92 Å². The highest BCUT2D eigenvalue weighted by Crippen LogP contribution is 2.26. The molecule has 1 rings (SSSR count). The van der Waals surface area contributed by atoms with Crippen LogP contribution in [0.25, 0.3) is 0 Å². The summed E-state index contributed by atoms with van der Waals surface area (Å²) in [5.41, 5.74) is 7.74. The molecular weight excluding hydrogens is 220 g/mol. The Morgan fingerprint density at radius 3 is 2.62 bits per heavy atom. The van der Waals surface area contributed by atoms with Crippen LogP contribution in [-0.4, -0.2) is 34.9 Å². The lowest BCUT2D eigenvalue weighted by Crippen LogP contribution is -2.31. The Balaban J connectivity index is 2.82. The molecule has 1 atom stereocenters. The highest BCUT2D eigenvalue weighted by Gasteiger charge is 2.18. The minimum atomic E-state index is 0.476. The van der Waals surface area contributed by atoms with E-state index in [-0.39, 0.29) is 0 Å². The number of nitrogens with zero attached hydrogens (tertiary/aromatic N) is 3. The van der Waals surface area contributed by atoms with Crippen LogP contribution in [0.1, 0.15) is 19.0 Å². The van der Waals surface area contributed by atoms with Crippen LogP contribution in [-0.2, 0) is 7.05 Å². The minimum Gasteiger partial charge on any atom is -0.394 e. The van der Waals surface area contributed by atoms with Crippen molar-refractivity contribution in [3.8, 4) is 0 Å². The Hall–Kier alpha value is -0.840. The third-order valence-electron chi connectivity index (χ3n) is 2.97. The van der Waals surface area contributed by atoms with Crippen LogP contribution in [0.2, 0.25) is 0 Å². The summed E-state index contributed by atoms with van der Waals surface area (Å²) in [4.78, 5) is 2.21. The van der Waals surface area contributed by atoms with Crippen LogP contribution in [0.3, 0.4) is 0 Å². The molecular formula is C11H22N4S. The maximum Gasteiger partial charge on any atom is 0.150 e. The average molecular weight is 242 g/mol. The Labute approximate surface area is 102 Å². The van der Waals surface area contributed by atoms with Gasteiger partial charge in [0.1, 0.15) is 5.82 Å². The lowest BCUT2D eigenvalue weighted by molar-refractivity contribution is 0.634. The fraction of sp³-hybridized carbons (Fsp3) is 0.727. The fourth-order valence-electron chi connectivity index (χ4n) is 1.77. The van der Waals surface area contributed by atoms with Crippen molar-refractivity contribution in [2.75, 3.05) is 29.7 Å². The largest absolute Gasteiger partial charge is 0.394 e. The number of hydrogen-bond donors (Lipinski definition) is 1. The first-order chi connectivity index (χ1) is 7.49. The Morgan fingerprint density at radius 1 is 1.56 bits per heavy atom. The van der Waals surface area contributed by atoms with Crippen LogP contribution < -0.4 is 10.6 Å². The molecule has 0 aliphatic rings. The van der Waals surface area contributed by atoms with Gasteiger partial charge in [-0.3, -0.25) is 4.68 Å². The van der Waals surface area contributed by atoms with E-state index in [4.69, 9.17) is 5.73 Å². The topological polar surface area (TPSA) is 47.1 Å². The molecule has 5 heteroatoms. The molecule has 0 aliphatic heterocycles. The molecule has 0 spiro atoms. The van der Waals surface area contributed by atoms with Gasteiger partial charge in [0, 0.05) is 20.1 Å². The van der Waals surface area contributed by atoms with Crippen LogP contribution in [0.4, 0.5) is 11.5 Å². The highest BCUT2D eigenvalue weighted by atomic mass is 32.2. The lowest BCUT2D eigenvalue weighted by Gasteiger charge is -2.27. The van der Waals surface area contributed by atoms with Crippen molar-refractivity contribution in [3.63, 3.8) is 0 Å². The molecule has 92 valence electrons. The monoisotopic (exact) mass is 242 g/mol. The summed E-state index contributed by atoms with van der Waals surface area (Å²) in [6.07, 6.45) is 3.29. The van der Waals surface area contributed by atoms with Gasteiger partial charge in [0.2, 0.25) is 0 Å². The molecule has 0 aromatic carbocycles. The van der Waals surface area contributed by atoms with E-state index in [1.807, 2.05) is 30.4 Å². The summed E-state index contributed by atoms with van der Waals surface area (Å²) in [5.74, 6) is 2.19. The molecule has 0 amide bonds. The zero-order chi connectivity index (χ0) is 12.3. The number of nitrogen functional groups attached to an aromatic ring is 1. The quantitative estimate of drug-likeness (QED) is 0.856. The smallest absolute Gasteiger partial charge is 0.150 e. The molecule has 16 heavy (non-hydrogen) atoms. The van der Waals surface area contributed by atoms with E-state index in [9.17, 15) is 0 Å². The molecule has 1 unspecified atom stereocenters.